The van der Waals surface area contributed by atoms with E-state index in [1.54, 1.807) is 28.8 Å². The van der Waals surface area contributed by atoms with Gasteiger partial charge in [-0.25, -0.2) is 9.50 Å². The molecule has 0 bridgehead atoms. The van der Waals surface area contributed by atoms with Crippen molar-refractivity contribution in [1.82, 2.24) is 25.4 Å². The van der Waals surface area contributed by atoms with Crippen LogP contribution in [0.5, 0.6) is 5.75 Å². The Kier molecular flexibility index (Phi) is 5.04. The van der Waals surface area contributed by atoms with Crippen molar-refractivity contribution >= 4 is 29.1 Å². The maximum Gasteiger partial charge on any atom is 0.276 e. The van der Waals surface area contributed by atoms with Crippen molar-refractivity contribution in [1.29, 1.82) is 0 Å². The van der Waals surface area contributed by atoms with E-state index in [1.165, 1.54) is 6.20 Å². The molecule has 134 valence electrons. The minimum absolute atomic E-state index is 0.254. The van der Waals surface area contributed by atoms with Gasteiger partial charge in [0, 0.05) is 11.4 Å². The number of nitrogens with zero attached hydrogens (tertiary/aromatic N) is 3. The molecule has 9 heteroatoms. The van der Waals surface area contributed by atoms with Crippen LogP contribution >= 0.6 is 11.6 Å². The highest BCUT2D eigenvalue weighted by atomic mass is 35.5. The average Bonchev–Trinajstić information content (AvgIpc) is 3.03. The van der Waals surface area contributed by atoms with Gasteiger partial charge in [0.05, 0.1) is 11.2 Å². The zero-order chi connectivity index (χ0) is 18.7. The van der Waals surface area contributed by atoms with Gasteiger partial charge in [0.15, 0.2) is 12.3 Å². The number of para-hydroxylation sites is 1. The van der Waals surface area contributed by atoms with Crippen molar-refractivity contribution in [3.05, 3.63) is 58.5 Å². The van der Waals surface area contributed by atoms with Gasteiger partial charge in [-0.1, -0.05) is 23.7 Å². The first kappa shape index (κ1) is 17.7. The third-order valence-electron chi connectivity index (χ3n) is 3.53. The van der Waals surface area contributed by atoms with Crippen molar-refractivity contribution < 1.29 is 14.3 Å². The van der Waals surface area contributed by atoms with Crippen LogP contribution in [0.25, 0.3) is 5.65 Å². The average molecular weight is 374 g/mol. The number of nitrogens with one attached hydrogen (secondary N) is 2. The molecule has 2 N–H and O–H groups in total. The van der Waals surface area contributed by atoms with Gasteiger partial charge < -0.3 is 4.74 Å². The van der Waals surface area contributed by atoms with Crippen molar-refractivity contribution in [3.63, 3.8) is 0 Å². The van der Waals surface area contributed by atoms with E-state index in [-0.39, 0.29) is 12.2 Å². The number of carbonyl (C=O) groups excluding carboxylic acids is 2. The largest absolute Gasteiger partial charge is 0.482 e. The van der Waals surface area contributed by atoms with Crippen LogP contribution in [0.2, 0.25) is 5.02 Å². The molecule has 3 rings (SSSR count). The van der Waals surface area contributed by atoms with Crippen LogP contribution in [-0.4, -0.2) is 33.0 Å². The normalized spacial score (nSPS) is 10.6. The van der Waals surface area contributed by atoms with E-state index in [0.29, 0.717) is 16.4 Å². The number of halogens is 1. The quantitative estimate of drug-likeness (QED) is 0.680. The molecule has 0 fully saturated rings. The van der Waals surface area contributed by atoms with Crippen LogP contribution in [0.1, 0.15) is 21.7 Å². The Morgan fingerprint density at radius 3 is 2.77 bits per heavy atom. The maximum atomic E-state index is 12.3. The number of hydrogen-bond acceptors (Lipinski definition) is 5. The van der Waals surface area contributed by atoms with E-state index in [4.69, 9.17) is 16.3 Å². The van der Waals surface area contributed by atoms with E-state index in [9.17, 15) is 9.59 Å². The Morgan fingerprint density at radius 1 is 1.23 bits per heavy atom. The number of fused-ring (bicyclic) bond motifs is 1. The molecule has 0 aliphatic carbocycles. The fraction of sp³-hybridized carbons (Fsp3) is 0.176. The van der Waals surface area contributed by atoms with E-state index >= 15 is 0 Å². The van der Waals surface area contributed by atoms with Gasteiger partial charge in [-0.15, -0.1) is 0 Å². The predicted octanol–water partition coefficient (Wildman–Crippen LogP) is 1.84. The SMILES string of the molecule is Cc1cc(C)n2ncc(C(=O)NNC(=O)COc3ccccc3Cl)c2n1. The lowest BCUT2D eigenvalue weighted by molar-refractivity contribution is -0.123. The fourth-order valence-corrected chi connectivity index (χ4v) is 2.56. The molecule has 2 amide bonds. The zero-order valence-electron chi connectivity index (χ0n) is 14.1. The molecule has 0 unspecified atom stereocenters. The molecule has 0 spiro atoms. The minimum atomic E-state index is -0.532. The van der Waals surface area contributed by atoms with Gasteiger partial charge >= 0.3 is 0 Å². The first-order valence-electron chi connectivity index (χ1n) is 7.74. The Labute approximate surface area is 154 Å². The van der Waals surface area contributed by atoms with E-state index < -0.39 is 11.8 Å². The molecule has 8 nitrogen and oxygen atoms in total. The summed E-state index contributed by atoms with van der Waals surface area (Å²) in [5.41, 5.74) is 6.89. The van der Waals surface area contributed by atoms with Gasteiger partial charge in [0.2, 0.25) is 0 Å². The van der Waals surface area contributed by atoms with Crippen LogP contribution in [0, 0.1) is 13.8 Å². The predicted molar refractivity (Wildman–Crippen MR) is 95.0 cm³/mol. The zero-order valence-corrected chi connectivity index (χ0v) is 14.9. The van der Waals surface area contributed by atoms with Crippen molar-refractivity contribution in [3.8, 4) is 5.75 Å². The molecular weight excluding hydrogens is 358 g/mol. The number of aryl methyl sites for hydroxylation is 2. The molecule has 26 heavy (non-hydrogen) atoms. The molecule has 1 aromatic carbocycles. The highest BCUT2D eigenvalue weighted by molar-refractivity contribution is 6.32. The van der Waals surface area contributed by atoms with E-state index in [0.717, 1.165) is 11.4 Å². The second-order valence-electron chi connectivity index (χ2n) is 5.55. The Hall–Kier alpha value is -3.13. The summed E-state index contributed by atoms with van der Waals surface area (Å²) in [5.74, 6) is -0.674. The van der Waals surface area contributed by atoms with Crippen molar-refractivity contribution in [2.45, 2.75) is 13.8 Å². The standard InChI is InChI=1S/C17H16ClN5O3/c1-10-7-11(2)23-16(20-10)12(8-19-23)17(25)22-21-15(24)9-26-14-6-4-3-5-13(14)18/h3-8H,9H2,1-2H3,(H,21,24)(H,22,25). The molecule has 0 aliphatic heterocycles. The topological polar surface area (TPSA) is 97.6 Å². The van der Waals surface area contributed by atoms with Gasteiger partial charge in [-0.2, -0.15) is 5.10 Å². The number of rotatable bonds is 4. The van der Waals surface area contributed by atoms with Crippen LogP contribution in [0.15, 0.2) is 36.5 Å². The summed E-state index contributed by atoms with van der Waals surface area (Å²) in [5, 5.41) is 4.53. The molecule has 0 saturated heterocycles. The lowest BCUT2D eigenvalue weighted by Crippen LogP contribution is -2.43. The molecule has 2 aromatic heterocycles. The first-order valence-corrected chi connectivity index (χ1v) is 8.12. The van der Waals surface area contributed by atoms with Crippen LogP contribution in [-0.2, 0) is 4.79 Å². The smallest absolute Gasteiger partial charge is 0.276 e. The molecular formula is C17H16ClN5O3. The molecule has 0 radical (unpaired) electrons. The summed E-state index contributed by atoms with van der Waals surface area (Å²) in [6.45, 7) is 3.40. The summed E-state index contributed by atoms with van der Waals surface area (Å²) < 4.78 is 6.86. The summed E-state index contributed by atoms with van der Waals surface area (Å²) in [4.78, 5) is 28.5. The van der Waals surface area contributed by atoms with Gasteiger partial charge in [0.1, 0.15) is 11.3 Å². The Bertz CT molecular complexity index is 986. The lowest BCUT2D eigenvalue weighted by atomic mass is 10.3. The Balaban J connectivity index is 1.60. The minimum Gasteiger partial charge on any atom is -0.482 e. The second-order valence-corrected chi connectivity index (χ2v) is 5.96. The number of benzene rings is 1. The summed E-state index contributed by atoms with van der Waals surface area (Å²) in [7, 11) is 0. The van der Waals surface area contributed by atoms with Crippen molar-refractivity contribution in [2.75, 3.05) is 6.61 Å². The molecule has 0 atom stereocenters. The first-order chi connectivity index (χ1) is 12.5. The third kappa shape index (κ3) is 3.75. The third-order valence-corrected chi connectivity index (χ3v) is 3.85. The number of hydrogen-bond donors (Lipinski definition) is 2. The van der Waals surface area contributed by atoms with E-state index in [1.807, 2.05) is 19.9 Å². The van der Waals surface area contributed by atoms with Crippen LogP contribution < -0.4 is 15.6 Å². The van der Waals surface area contributed by atoms with Gasteiger partial charge in [-0.3, -0.25) is 20.4 Å². The summed E-state index contributed by atoms with van der Waals surface area (Å²) in [6.07, 6.45) is 1.40. The summed E-state index contributed by atoms with van der Waals surface area (Å²) >= 11 is 5.94. The van der Waals surface area contributed by atoms with Crippen LogP contribution in [0.3, 0.4) is 0 Å². The number of aromatic nitrogens is 3. The maximum absolute atomic E-state index is 12.3. The number of ether oxygens (including phenoxy) is 1. The molecule has 2 heterocycles. The molecule has 0 saturated carbocycles. The van der Waals surface area contributed by atoms with Crippen LogP contribution in [0.4, 0.5) is 0 Å². The Morgan fingerprint density at radius 2 is 2.00 bits per heavy atom. The number of amides is 2. The number of hydrazine groups is 1. The highest BCUT2D eigenvalue weighted by Gasteiger charge is 2.16. The monoisotopic (exact) mass is 373 g/mol. The lowest BCUT2D eigenvalue weighted by Gasteiger charge is -2.09. The summed E-state index contributed by atoms with van der Waals surface area (Å²) in [6, 6.07) is 8.64. The second kappa shape index (κ2) is 7.40. The van der Waals surface area contributed by atoms with Gasteiger partial charge in [0.25, 0.3) is 11.8 Å². The molecule has 3 aromatic rings. The van der Waals surface area contributed by atoms with E-state index in [2.05, 4.69) is 20.9 Å². The highest BCUT2D eigenvalue weighted by Crippen LogP contribution is 2.22. The van der Waals surface area contributed by atoms with Crippen molar-refractivity contribution in [2.24, 2.45) is 0 Å². The number of carbonyl (C=O) groups is 2. The fourth-order valence-electron chi connectivity index (χ4n) is 2.37. The molecule has 0 aliphatic rings. The van der Waals surface area contributed by atoms with Gasteiger partial charge in [-0.05, 0) is 32.0 Å².